The molecule has 2 fully saturated rings. The van der Waals surface area contributed by atoms with Crippen LogP contribution in [0.5, 0.6) is 5.88 Å². The number of aromatic nitrogens is 3. The SMILES string of the molecule is c1coc(N2CCN(c3ccc4ncnc(OCC5CC5)c4c3)CC2)n1. The molecule has 0 unspecified atom stereocenters. The Hall–Kier alpha value is -2.83. The molecule has 3 heterocycles. The number of piperazine rings is 1. The summed E-state index contributed by atoms with van der Waals surface area (Å²) >= 11 is 0. The second kappa shape index (κ2) is 6.48. The molecule has 1 saturated heterocycles. The molecular formula is C19H21N5O2. The first-order chi connectivity index (χ1) is 12.9. The second-order valence-electron chi connectivity index (χ2n) is 6.92. The van der Waals surface area contributed by atoms with Gasteiger partial charge in [0.1, 0.15) is 12.6 Å². The van der Waals surface area contributed by atoms with E-state index in [1.165, 1.54) is 18.5 Å². The first kappa shape index (κ1) is 15.4. The lowest BCUT2D eigenvalue weighted by molar-refractivity contribution is 0.292. The van der Waals surface area contributed by atoms with E-state index in [2.05, 4.69) is 43.0 Å². The number of ether oxygens (including phenoxy) is 1. The van der Waals surface area contributed by atoms with Gasteiger partial charge in [0.05, 0.1) is 23.7 Å². The van der Waals surface area contributed by atoms with E-state index < -0.39 is 0 Å². The fourth-order valence-electron chi connectivity index (χ4n) is 3.34. The Labute approximate surface area is 151 Å². The van der Waals surface area contributed by atoms with E-state index in [0.29, 0.717) is 17.8 Å². The zero-order valence-electron chi connectivity index (χ0n) is 14.5. The summed E-state index contributed by atoms with van der Waals surface area (Å²) in [5.41, 5.74) is 2.10. The lowest BCUT2D eigenvalue weighted by atomic mass is 10.2. The number of hydrogen-bond donors (Lipinski definition) is 0. The van der Waals surface area contributed by atoms with Gasteiger partial charge in [-0.15, -0.1) is 0 Å². The third-order valence-electron chi connectivity index (χ3n) is 5.07. The maximum atomic E-state index is 5.95. The molecule has 1 aromatic carbocycles. The number of fused-ring (bicyclic) bond motifs is 1. The van der Waals surface area contributed by atoms with Gasteiger partial charge in [-0.05, 0) is 37.0 Å². The minimum Gasteiger partial charge on any atom is -0.477 e. The van der Waals surface area contributed by atoms with Gasteiger partial charge in [0.15, 0.2) is 0 Å². The first-order valence-electron chi connectivity index (χ1n) is 9.14. The molecule has 0 N–H and O–H groups in total. The summed E-state index contributed by atoms with van der Waals surface area (Å²) in [7, 11) is 0. The number of rotatable bonds is 5. The quantitative estimate of drug-likeness (QED) is 0.700. The molecule has 0 amide bonds. The van der Waals surface area contributed by atoms with Crippen LogP contribution >= 0.6 is 0 Å². The average molecular weight is 351 g/mol. The lowest BCUT2D eigenvalue weighted by Gasteiger charge is -2.35. The Kier molecular flexibility index (Phi) is 3.84. The summed E-state index contributed by atoms with van der Waals surface area (Å²) in [5, 5.41) is 0.987. The first-order valence-corrected chi connectivity index (χ1v) is 9.14. The standard InChI is InChI=1S/C19H21N5O2/c1-2-14(1)12-26-18-16-11-15(3-4-17(16)21-13-22-18)23-6-8-24(9-7-23)19-20-5-10-25-19/h3-5,10-11,13-14H,1-2,6-9,12H2. The molecule has 7 heteroatoms. The maximum Gasteiger partial charge on any atom is 0.297 e. The van der Waals surface area contributed by atoms with Crippen LogP contribution in [0.3, 0.4) is 0 Å². The van der Waals surface area contributed by atoms with Gasteiger partial charge >= 0.3 is 0 Å². The van der Waals surface area contributed by atoms with Crippen LogP contribution in [0.25, 0.3) is 10.9 Å². The van der Waals surface area contributed by atoms with Gasteiger partial charge in [0, 0.05) is 31.9 Å². The van der Waals surface area contributed by atoms with Gasteiger partial charge in [0.2, 0.25) is 5.88 Å². The number of benzene rings is 1. The van der Waals surface area contributed by atoms with Crippen LogP contribution in [0.2, 0.25) is 0 Å². The molecule has 7 nitrogen and oxygen atoms in total. The number of anilines is 2. The topological polar surface area (TPSA) is 67.5 Å². The van der Waals surface area contributed by atoms with Gasteiger partial charge in [-0.1, -0.05) is 0 Å². The van der Waals surface area contributed by atoms with Crippen LogP contribution in [0.4, 0.5) is 11.7 Å². The smallest absolute Gasteiger partial charge is 0.297 e. The minimum atomic E-state index is 0.696. The van der Waals surface area contributed by atoms with Crippen molar-refractivity contribution in [2.75, 3.05) is 42.6 Å². The van der Waals surface area contributed by atoms with Crippen LogP contribution in [-0.4, -0.2) is 47.7 Å². The van der Waals surface area contributed by atoms with Crippen molar-refractivity contribution in [2.24, 2.45) is 5.92 Å². The van der Waals surface area contributed by atoms with Crippen molar-refractivity contribution in [3.8, 4) is 5.88 Å². The molecule has 1 aliphatic heterocycles. The van der Waals surface area contributed by atoms with Crippen molar-refractivity contribution in [2.45, 2.75) is 12.8 Å². The third kappa shape index (κ3) is 3.05. The normalized spacial score (nSPS) is 17.7. The van der Waals surface area contributed by atoms with E-state index in [0.717, 1.165) is 43.7 Å². The Bertz CT molecular complexity index is 886. The third-order valence-corrected chi connectivity index (χ3v) is 5.07. The van der Waals surface area contributed by atoms with Gasteiger partial charge in [-0.25, -0.2) is 15.0 Å². The molecular weight excluding hydrogens is 330 g/mol. The Morgan fingerprint density at radius 2 is 1.88 bits per heavy atom. The van der Waals surface area contributed by atoms with E-state index in [4.69, 9.17) is 9.15 Å². The second-order valence-corrected chi connectivity index (χ2v) is 6.92. The Morgan fingerprint density at radius 1 is 1.04 bits per heavy atom. The van der Waals surface area contributed by atoms with Crippen LogP contribution < -0.4 is 14.5 Å². The highest BCUT2D eigenvalue weighted by Crippen LogP contribution is 2.32. The molecule has 0 spiro atoms. The van der Waals surface area contributed by atoms with Gasteiger partial charge in [-0.2, -0.15) is 0 Å². The van der Waals surface area contributed by atoms with Crippen molar-refractivity contribution in [1.82, 2.24) is 15.0 Å². The van der Waals surface area contributed by atoms with Gasteiger partial charge < -0.3 is 19.0 Å². The summed E-state index contributed by atoms with van der Waals surface area (Å²) in [6.07, 6.45) is 7.42. The van der Waals surface area contributed by atoms with E-state index in [-0.39, 0.29) is 0 Å². The van der Waals surface area contributed by atoms with Crippen molar-refractivity contribution in [3.05, 3.63) is 37.0 Å². The molecule has 5 rings (SSSR count). The summed E-state index contributed by atoms with van der Waals surface area (Å²) in [6.45, 7) is 4.36. The molecule has 0 radical (unpaired) electrons. The van der Waals surface area contributed by atoms with Gasteiger partial charge in [0.25, 0.3) is 6.01 Å². The van der Waals surface area contributed by atoms with E-state index in [1.54, 1.807) is 18.8 Å². The number of nitrogens with zero attached hydrogens (tertiary/aromatic N) is 5. The summed E-state index contributed by atoms with van der Waals surface area (Å²) in [4.78, 5) is 17.5. The molecule has 26 heavy (non-hydrogen) atoms. The molecule has 1 aliphatic carbocycles. The monoisotopic (exact) mass is 351 g/mol. The van der Waals surface area contributed by atoms with Crippen LogP contribution in [0, 0.1) is 5.92 Å². The minimum absolute atomic E-state index is 0.696. The van der Waals surface area contributed by atoms with Crippen LogP contribution in [-0.2, 0) is 0 Å². The van der Waals surface area contributed by atoms with Crippen LogP contribution in [0.1, 0.15) is 12.8 Å². The van der Waals surface area contributed by atoms with Crippen molar-refractivity contribution in [1.29, 1.82) is 0 Å². The van der Waals surface area contributed by atoms with Crippen molar-refractivity contribution < 1.29 is 9.15 Å². The zero-order valence-corrected chi connectivity index (χ0v) is 14.5. The number of oxazole rings is 1. The lowest BCUT2D eigenvalue weighted by Crippen LogP contribution is -2.46. The molecule has 1 saturated carbocycles. The fraction of sp³-hybridized carbons (Fsp3) is 0.421. The highest BCUT2D eigenvalue weighted by molar-refractivity contribution is 5.86. The summed E-state index contributed by atoms with van der Waals surface area (Å²) in [6, 6.07) is 7.03. The summed E-state index contributed by atoms with van der Waals surface area (Å²) < 4.78 is 11.4. The maximum absolute atomic E-state index is 5.95. The average Bonchev–Trinajstić information content (AvgIpc) is 3.37. The molecule has 0 bridgehead atoms. The van der Waals surface area contributed by atoms with E-state index in [9.17, 15) is 0 Å². The Balaban J connectivity index is 1.34. The molecule has 0 atom stereocenters. The number of hydrogen-bond acceptors (Lipinski definition) is 7. The van der Waals surface area contributed by atoms with Crippen molar-refractivity contribution in [3.63, 3.8) is 0 Å². The van der Waals surface area contributed by atoms with Crippen LogP contribution in [0.15, 0.2) is 41.4 Å². The molecule has 2 aliphatic rings. The summed E-state index contributed by atoms with van der Waals surface area (Å²) in [5.74, 6) is 1.40. The highest BCUT2D eigenvalue weighted by atomic mass is 16.5. The largest absolute Gasteiger partial charge is 0.477 e. The van der Waals surface area contributed by atoms with E-state index in [1.807, 2.05) is 0 Å². The predicted molar refractivity (Wildman–Crippen MR) is 98.7 cm³/mol. The Morgan fingerprint density at radius 3 is 2.65 bits per heavy atom. The predicted octanol–water partition coefficient (Wildman–Crippen LogP) is 2.73. The van der Waals surface area contributed by atoms with Gasteiger partial charge in [-0.3, -0.25) is 0 Å². The van der Waals surface area contributed by atoms with E-state index >= 15 is 0 Å². The van der Waals surface area contributed by atoms with Crippen molar-refractivity contribution >= 4 is 22.6 Å². The molecule has 134 valence electrons. The highest BCUT2D eigenvalue weighted by Gasteiger charge is 2.23. The molecule has 2 aromatic heterocycles. The fourth-order valence-corrected chi connectivity index (χ4v) is 3.34. The molecule has 3 aromatic rings. The zero-order chi connectivity index (χ0) is 17.3.